The number of methoxy groups -OCH3 is 2. The van der Waals surface area contributed by atoms with Crippen molar-refractivity contribution in [1.29, 1.82) is 0 Å². The quantitative estimate of drug-likeness (QED) is 0.391. The van der Waals surface area contributed by atoms with E-state index in [2.05, 4.69) is 0 Å². The Kier molecular flexibility index (Phi) is 6.71. The molecule has 168 valence electrons. The number of carbonyl (C=O) groups excluding carboxylic acids is 1. The molecule has 0 atom stereocenters. The summed E-state index contributed by atoms with van der Waals surface area (Å²) in [6, 6.07) is 20.5. The number of amides is 1. The van der Waals surface area contributed by atoms with Crippen LogP contribution in [0, 0.1) is 0 Å². The Morgan fingerprint density at radius 2 is 1.64 bits per heavy atom. The SMILES string of the molecule is CCOc1ccccc1N1C(=O)/C(=C/c2ccc(OC)c(OC)c2)C=C1c1ccc(Cl)cc1. The van der Waals surface area contributed by atoms with Crippen LogP contribution in [-0.4, -0.2) is 26.7 Å². The Labute approximate surface area is 198 Å². The number of halogens is 1. The topological polar surface area (TPSA) is 48.0 Å². The van der Waals surface area contributed by atoms with Crippen LogP contribution in [0.1, 0.15) is 18.1 Å². The monoisotopic (exact) mass is 461 g/mol. The van der Waals surface area contributed by atoms with Gasteiger partial charge in [0, 0.05) is 10.6 Å². The van der Waals surface area contributed by atoms with Gasteiger partial charge in [-0.1, -0.05) is 41.9 Å². The third kappa shape index (κ3) is 4.59. The Morgan fingerprint density at radius 3 is 2.33 bits per heavy atom. The number of carbonyl (C=O) groups is 1. The van der Waals surface area contributed by atoms with E-state index in [1.54, 1.807) is 19.1 Å². The van der Waals surface area contributed by atoms with Crippen molar-refractivity contribution >= 4 is 35.0 Å². The van der Waals surface area contributed by atoms with Crippen LogP contribution in [0.4, 0.5) is 5.69 Å². The molecular formula is C27H24ClNO4. The molecule has 1 amide bonds. The molecule has 1 aliphatic heterocycles. The maximum Gasteiger partial charge on any atom is 0.263 e. The van der Waals surface area contributed by atoms with E-state index in [1.807, 2.05) is 85.8 Å². The van der Waals surface area contributed by atoms with E-state index < -0.39 is 0 Å². The number of benzene rings is 3. The largest absolute Gasteiger partial charge is 0.493 e. The predicted octanol–water partition coefficient (Wildman–Crippen LogP) is 6.23. The molecular weight excluding hydrogens is 438 g/mol. The van der Waals surface area contributed by atoms with Crippen LogP contribution in [0.5, 0.6) is 17.2 Å². The van der Waals surface area contributed by atoms with E-state index in [1.165, 1.54) is 0 Å². The molecule has 3 aromatic rings. The van der Waals surface area contributed by atoms with Crippen LogP contribution in [-0.2, 0) is 4.79 Å². The molecule has 6 heteroatoms. The fourth-order valence-corrected chi connectivity index (χ4v) is 3.86. The summed E-state index contributed by atoms with van der Waals surface area (Å²) in [5.41, 5.74) is 3.66. The van der Waals surface area contributed by atoms with Gasteiger partial charge in [0.1, 0.15) is 5.75 Å². The molecule has 0 spiro atoms. The van der Waals surface area contributed by atoms with E-state index >= 15 is 0 Å². The first kappa shape index (κ1) is 22.5. The van der Waals surface area contributed by atoms with Crippen LogP contribution in [0.25, 0.3) is 11.8 Å². The lowest BCUT2D eigenvalue weighted by Gasteiger charge is -2.23. The van der Waals surface area contributed by atoms with E-state index in [-0.39, 0.29) is 5.91 Å². The van der Waals surface area contributed by atoms with Gasteiger partial charge in [0.15, 0.2) is 11.5 Å². The second kappa shape index (κ2) is 9.84. The molecule has 0 N–H and O–H groups in total. The van der Waals surface area contributed by atoms with Crippen molar-refractivity contribution in [3.05, 3.63) is 94.5 Å². The molecule has 0 fully saturated rings. The Bertz CT molecular complexity index is 1230. The van der Waals surface area contributed by atoms with Gasteiger partial charge in [-0.2, -0.15) is 0 Å². The first-order chi connectivity index (χ1) is 16.0. The molecule has 3 aromatic carbocycles. The van der Waals surface area contributed by atoms with E-state index in [9.17, 15) is 4.79 Å². The molecule has 0 aromatic heterocycles. The van der Waals surface area contributed by atoms with Crippen molar-refractivity contribution in [3.63, 3.8) is 0 Å². The van der Waals surface area contributed by atoms with Gasteiger partial charge in [-0.05, 0) is 66.6 Å². The van der Waals surface area contributed by atoms with E-state index in [0.717, 1.165) is 16.8 Å². The van der Waals surface area contributed by atoms with Gasteiger partial charge in [-0.15, -0.1) is 0 Å². The second-order valence-corrected chi connectivity index (χ2v) is 7.73. The Balaban J connectivity index is 1.83. The smallest absolute Gasteiger partial charge is 0.263 e. The van der Waals surface area contributed by atoms with Crippen molar-refractivity contribution in [2.45, 2.75) is 6.92 Å². The minimum Gasteiger partial charge on any atom is -0.493 e. The molecule has 0 radical (unpaired) electrons. The van der Waals surface area contributed by atoms with Gasteiger partial charge in [0.05, 0.1) is 32.2 Å². The molecule has 1 aliphatic rings. The number of anilines is 1. The lowest BCUT2D eigenvalue weighted by Crippen LogP contribution is -2.25. The summed E-state index contributed by atoms with van der Waals surface area (Å²) in [6.45, 7) is 2.41. The van der Waals surface area contributed by atoms with Gasteiger partial charge < -0.3 is 14.2 Å². The number of hydrogen-bond donors (Lipinski definition) is 0. The highest BCUT2D eigenvalue weighted by atomic mass is 35.5. The first-order valence-corrected chi connectivity index (χ1v) is 10.9. The van der Waals surface area contributed by atoms with Gasteiger partial charge in [0.2, 0.25) is 0 Å². The minimum atomic E-state index is -0.151. The highest BCUT2D eigenvalue weighted by Gasteiger charge is 2.32. The highest BCUT2D eigenvalue weighted by molar-refractivity contribution is 6.30. The third-order valence-corrected chi connectivity index (χ3v) is 5.51. The molecule has 1 heterocycles. The lowest BCUT2D eigenvalue weighted by molar-refractivity contribution is -0.113. The average Bonchev–Trinajstić information content (AvgIpc) is 3.15. The number of ether oxygens (including phenoxy) is 3. The summed E-state index contributed by atoms with van der Waals surface area (Å²) in [6.07, 6.45) is 3.72. The Morgan fingerprint density at radius 1 is 0.909 bits per heavy atom. The summed E-state index contributed by atoms with van der Waals surface area (Å²) in [5, 5.41) is 0.631. The summed E-state index contributed by atoms with van der Waals surface area (Å²) in [5.74, 6) is 1.71. The van der Waals surface area contributed by atoms with Crippen LogP contribution < -0.4 is 19.1 Å². The van der Waals surface area contributed by atoms with Gasteiger partial charge >= 0.3 is 0 Å². The van der Waals surface area contributed by atoms with E-state index in [0.29, 0.717) is 40.1 Å². The summed E-state index contributed by atoms with van der Waals surface area (Å²) >= 11 is 6.10. The molecule has 0 unspecified atom stereocenters. The predicted molar refractivity (Wildman–Crippen MR) is 132 cm³/mol. The second-order valence-electron chi connectivity index (χ2n) is 7.29. The van der Waals surface area contributed by atoms with Crippen LogP contribution in [0.3, 0.4) is 0 Å². The molecule has 0 saturated heterocycles. The highest BCUT2D eigenvalue weighted by Crippen LogP contribution is 2.40. The van der Waals surface area contributed by atoms with Crippen molar-refractivity contribution in [2.24, 2.45) is 0 Å². The zero-order chi connectivity index (χ0) is 23.4. The summed E-state index contributed by atoms with van der Waals surface area (Å²) in [4.78, 5) is 15.3. The molecule has 0 aliphatic carbocycles. The van der Waals surface area contributed by atoms with Crippen molar-refractivity contribution in [3.8, 4) is 17.2 Å². The van der Waals surface area contributed by atoms with Crippen molar-refractivity contribution < 1.29 is 19.0 Å². The van der Waals surface area contributed by atoms with Crippen LogP contribution in [0.2, 0.25) is 5.02 Å². The maximum atomic E-state index is 13.7. The number of hydrogen-bond acceptors (Lipinski definition) is 4. The fourth-order valence-electron chi connectivity index (χ4n) is 3.73. The fraction of sp³-hybridized carbons (Fsp3) is 0.148. The third-order valence-electron chi connectivity index (χ3n) is 5.26. The van der Waals surface area contributed by atoms with Crippen LogP contribution >= 0.6 is 11.6 Å². The first-order valence-electron chi connectivity index (χ1n) is 10.5. The normalized spacial score (nSPS) is 14.4. The lowest BCUT2D eigenvalue weighted by atomic mass is 10.1. The summed E-state index contributed by atoms with van der Waals surface area (Å²) < 4.78 is 16.5. The molecule has 5 nitrogen and oxygen atoms in total. The van der Waals surface area contributed by atoms with Crippen LogP contribution in [0.15, 0.2) is 78.4 Å². The summed E-state index contributed by atoms with van der Waals surface area (Å²) in [7, 11) is 3.17. The average molecular weight is 462 g/mol. The van der Waals surface area contributed by atoms with Crippen molar-refractivity contribution in [2.75, 3.05) is 25.7 Å². The number of para-hydroxylation sites is 2. The number of rotatable bonds is 7. The van der Waals surface area contributed by atoms with Gasteiger partial charge in [0.25, 0.3) is 5.91 Å². The zero-order valence-electron chi connectivity index (χ0n) is 18.7. The van der Waals surface area contributed by atoms with Gasteiger partial charge in [-0.3, -0.25) is 9.69 Å². The minimum absolute atomic E-state index is 0.151. The standard InChI is InChI=1S/C27H24ClNO4/c1-4-33-24-8-6-5-7-22(24)29-23(19-10-12-21(28)13-11-19)17-20(27(29)30)15-18-9-14-25(31-2)26(16-18)32-3/h5-17H,4H2,1-3H3/b20-15+. The molecule has 4 rings (SSSR count). The molecule has 0 bridgehead atoms. The molecule has 0 saturated carbocycles. The zero-order valence-corrected chi connectivity index (χ0v) is 19.4. The Hall–Kier alpha value is -3.70. The molecule has 33 heavy (non-hydrogen) atoms. The van der Waals surface area contributed by atoms with E-state index in [4.69, 9.17) is 25.8 Å². The van der Waals surface area contributed by atoms with Crippen molar-refractivity contribution in [1.82, 2.24) is 0 Å². The maximum absolute atomic E-state index is 13.7. The van der Waals surface area contributed by atoms with Gasteiger partial charge in [-0.25, -0.2) is 0 Å². The number of nitrogens with zero attached hydrogens (tertiary/aromatic N) is 1.